The van der Waals surface area contributed by atoms with E-state index in [9.17, 15) is 0 Å². The highest BCUT2D eigenvalue weighted by Gasteiger charge is 2.09. The summed E-state index contributed by atoms with van der Waals surface area (Å²) in [5.74, 6) is 0.838. The van der Waals surface area contributed by atoms with Gasteiger partial charge < -0.3 is 4.74 Å². The molecule has 0 bridgehead atoms. The topological polar surface area (TPSA) is 33.0 Å². The maximum Gasteiger partial charge on any atom is 0.126 e. The van der Waals surface area contributed by atoms with Gasteiger partial charge in [0.05, 0.1) is 18.7 Å². The van der Waals surface area contributed by atoms with Crippen LogP contribution in [0.4, 0.5) is 0 Å². The lowest BCUT2D eigenvalue weighted by Crippen LogP contribution is -1.92. The molecule has 0 saturated heterocycles. The highest BCUT2D eigenvalue weighted by atomic mass is 16.5. The fourth-order valence-electron chi connectivity index (χ4n) is 2.16. The number of hydrogen-bond acceptors (Lipinski definition) is 2. The summed E-state index contributed by atoms with van der Waals surface area (Å²) in [6.45, 7) is 5.92. The molecule has 0 amide bonds. The average molecular weight is 250 g/mol. The third kappa shape index (κ3) is 2.61. The molecule has 0 aliphatic rings. The molecule has 0 aliphatic carbocycles. The summed E-state index contributed by atoms with van der Waals surface area (Å²) in [6.07, 6.45) is 0.742. The van der Waals surface area contributed by atoms with Crippen LogP contribution in [0.15, 0.2) is 36.4 Å². The summed E-state index contributed by atoms with van der Waals surface area (Å²) in [4.78, 5) is 0. The van der Waals surface area contributed by atoms with Crippen molar-refractivity contribution in [1.29, 1.82) is 5.26 Å². The SMILES string of the molecule is [CH2]Cc1ccc(OC)c(-c2ccc(C#N)cc2C)c1. The standard InChI is InChI=1S/C17H16NO/c1-4-13-6-8-17(19-3)16(10-13)15-7-5-14(11-18)9-12(15)2/h5-10H,1,4H2,2-3H3. The van der Waals surface area contributed by atoms with Gasteiger partial charge in [-0.15, -0.1) is 0 Å². The van der Waals surface area contributed by atoms with E-state index in [1.54, 1.807) is 7.11 Å². The molecule has 1 radical (unpaired) electrons. The van der Waals surface area contributed by atoms with E-state index in [1.807, 2.05) is 37.3 Å². The molecule has 0 spiro atoms. The third-order valence-electron chi connectivity index (χ3n) is 3.20. The van der Waals surface area contributed by atoms with E-state index in [4.69, 9.17) is 10.00 Å². The van der Waals surface area contributed by atoms with Gasteiger partial charge in [-0.3, -0.25) is 0 Å². The van der Waals surface area contributed by atoms with Crippen LogP contribution in [0.5, 0.6) is 5.75 Å². The van der Waals surface area contributed by atoms with Gasteiger partial charge in [-0.2, -0.15) is 5.26 Å². The first-order valence-electron chi connectivity index (χ1n) is 6.17. The first kappa shape index (κ1) is 13.2. The lowest BCUT2D eigenvalue weighted by molar-refractivity contribution is 0.416. The quantitative estimate of drug-likeness (QED) is 0.827. The highest BCUT2D eigenvalue weighted by molar-refractivity contribution is 5.74. The van der Waals surface area contributed by atoms with Gasteiger partial charge in [-0.1, -0.05) is 12.1 Å². The number of ether oxygens (including phenoxy) is 1. The Morgan fingerprint density at radius 2 is 1.95 bits per heavy atom. The molecule has 0 unspecified atom stereocenters. The second kappa shape index (κ2) is 5.58. The number of aryl methyl sites for hydroxylation is 1. The second-order valence-electron chi connectivity index (χ2n) is 4.43. The first-order chi connectivity index (χ1) is 9.19. The Morgan fingerprint density at radius 3 is 2.53 bits per heavy atom. The molecule has 2 aromatic rings. The van der Waals surface area contributed by atoms with Crippen LogP contribution in [0.3, 0.4) is 0 Å². The van der Waals surface area contributed by atoms with Crippen LogP contribution in [-0.2, 0) is 6.42 Å². The Kier molecular flexibility index (Phi) is 3.87. The summed E-state index contributed by atoms with van der Waals surface area (Å²) in [6, 6.07) is 13.9. The number of methoxy groups -OCH3 is 1. The van der Waals surface area contributed by atoms with Crippen molar-refractivity contribution in [3.8, 4) is 22.9 Å². The van der Waals surface area contributed by atoms with Gasteiger partial charge in [-0.25, -0.2) is 0 Å². The van der Waals surface area contributed by atoms with E-state index in [0.717, 1.165) is 28.9 Å². The normalized spacial score (nSPS) is 10.0. The van der Waals surface area contributed by atoms with Crippen molar-refractivity contribution >= 4 is 0 Å². The molecule has 0 N–H and O–H groups in total. The minimum absolute atomic E-state index is 0.675. The molecule has 0 heterocycles. The fourth-order valence-corrected chi connectivity index (χ4v) is 2.16. The Balaban J connectivity index is 2.60. The first-order valence-corrected chi connectivity index (χ1v) is 6.17. The molecule has 2 nitrogen and oxygen atoms in total. The van der Waals surface area contributed by atoms with Crippen LogP contribution >= 0.6 is 0 Å². The molecule has 19 heavy (non-hydrogen) atoms. The fraction of sp³-hybridized carbons (Fsp3) is 0.176. The third-order valence-corrected chi connectivity index (χ3v) is 3.20. The van der Waals surface area contributed by atoms with Crippen LogP contribution < -0.4 is 4.74 Å². The zero-order valence-electron chi connectivity index (χ0n) is 11.2. The van der Waals surface area contributed by atoms with Crippen LogP contribution in [0.25, 0.3) is 11.1 Å². The summed E-state index contributed by atoms with van der Waals surface area (Å²) in [5.41, 5.74) is 5.04. The van der Waals surface area contributed by atoms with Gasteiger partial charge in [0.25, 0.3) is 0 Å². The molecule has 0 saturated carbocycles. The van der Waals surface area contributed by atoms with Crippen LogP contribution in [0.2, 0.25) is 0 Å². The van der Waals surface area contributed by atoms with Crippen molar-refractivity contribution in [3.63, 3.8) is 0 Å². The van der Waals surface area contributed by atoms with E-state index in [0.29, 0.717) is 5.56 Å². The number of hydrogen-bond donors (Lipinski definition) is 0. The van der Waals surface area contributed by atoms with Gasteiger partial charge in [0.2, 0.25) is 0 Å². The Bertz CT molecular complexity index is 638. The number of benzene rings is 2. The molecule has 0 aromatic heterocycles. The van der Waals surface area contributed by atoms with E-state index < -0.39 is 0 Å². The second-order valence-corrected chi connectivity index (χ2v) is 4.43. The van der Waals surface area contributed by atoms with Crippen molar-refractivity contribution in [3.05, 3.63) is 60.0 Å². The van der Waals surface area contributed by atoms with E-state index in [1.165, 1.54) is 5.56 Å². The summed E-state index contributed by atoms with van der Waals surface area (Å²) in [5, 5.41) is 8.92. The number of nitrogens with zero attached hydrogens (tertiary/aromatic N) is 1. The minimum Gasteiger partial charge on any atom is -0.496 e. The number of rotatable bonds is 3. The van der Waals surface area contributed by atoms with Crippen LogP contribution in [0, 0.1) is 25.2 Å². The molecule has 95 valence electrons. The predicted octanol–water partition coefficient (Wildman–Crippen LogP) is 3.92. The summed E-state index contributed by atoms with van der Waals surface area (Å²) >= 11 is 0. The smallest absolute Gasteiger partial charge is 0.126 e. The molecule has 0 aliphatic heterocycles. The maximum absolute atomic E-state index is 8.92. The van der Waals surface area contributed by atoms with Crippen molar-refractivity contribution in [2.75, 3.05) is 7.11 Å². The molecule has 2 aromatic carbocycles. The Labute approximate surface area is 114 Å². The molecule has 2 rings (SSSR count). The molecule has 0 fully saturated rings. The molecule has 2 heteroatoms. The lowest BCUT2D eigenvalue weighted by atomic mass is 9.96. The zero-order chi connectivity index (χ0) is 13.8. The van der Waals surface area contributed by atoms with Gasteiger partial charge in [0.1, 0.15) is 5.75 Å². The Morgan fingerprint density at radius 1 is 1.16 bits per heavy atom. The van der Waals surface area contributed by atoms with Crippen molar-refractivity contribution in [2.24, 2.45) is 0 Å². The summed E-state index contributed by atoms with van der Waals surface area (Å²) in [7, 11) is 1.67. The zero-order valence-corrected chi connectivity index (χ0v) is 11.2. The monoisotopic (exact) mass is 250 g/mol. The van der Waals surface area contributed by atoms with Crippen molar-refractivity contribution < 1.29 is 4.74 Å². The maximum atomic E-state index is 8.92. The van der Waals surface area contributed by atoms with E-state index >= 15 is 0 Å². The summed E-state index contributed by atoms with van der Waals surface area (Å²) < 4.78 is 5.43. The molecule has 0 atom stereocenters. The van der Waals surface area contributed by atoms with Crippen molar-refractivity contribution in [2.45, 2.75) is 13.3 Å². The molecular formula is C17H16NO. The Hall–Kier alpha value is -2.27. The van der Waals surface area contributed by atoms with Crippen molar-refractivity contribution in [1.82, 2.24) is 0 Å². The van der Waals surface area contributed by atoms with Gasteiger partial charge in [0, 0.05) is 5.56 Å². The molecular weight excluding hydrogens is 234 g/mol. The highest BCUT2D eigenvalue weighted by Crippen LogP contribution is 2.33. The lowest BCUT2D eigenvalue weighted by Gasteiger charge is -2.13. The van der Waals surface area contributed by atoms with E-state index in [-0.39, 0.29) is 0 Å². The average Bonchev–Trinajstić information content (AvgIpc) is 2.46. The largest absolute Gasteiger partial charge is 0.496 e. The number of nitriles is 1. The minimum atomic E-state index is 0.675. The van der Waals surface area contributed by atoms with Gasteiger partial charge in [0.15, 0.2) is 0 Å². The predicted molar refractivity (Wildman–Crippen MR) is 76.9 cm³/mol. The van der Waals surface area contributed by atoms with Crippen LogP contribution in [0.1, 0.15) is 16.7 Å². The van der Waals surface area contributed by atoms with Gasteiger partial charge >= 0.3 is 0 Å². The van der Waals surface area contributed by atoms with E-state index in [2.05, 4.69) is 19.1 Å². The van der Waals surface area contributed by atoms with Gasteiger partial charge in [-0.05, 0) is 61.2 Å². The van der Waals surface area contributed by atoms with Crippen LogP contribution in [-0.4, -0.2) is 7.11 Å².